The molecule has 5 fully saturated rings. The summed E-state index contributed by atoms with van der Waals surface area (Å²) in [5, 5.41) is 0. The number of nitrogens with two attached hydrogens (primary N) is 1. The van der Waals surface area contributed by atoms with E-state index >= 15 is 0 Å². The monoisotopic (exact) mass is 262 g/mol. The smallest absolute Gasteiger partial charge is 0.224 e. The first-order valence-electron chi connectivity index (χ1n) is 8.22. The molecule has 0 aromatic carbocycles. The first-order chi connectivity index (χ1) is 9.19. The fourth-order valence-corrected chi connectivity index (χ4v) is 5.83. The van der Waals surface area contributed by atoms with Gasteiger partial charge in [0, 0.05) is 25.6 Å². The van der Waals surface area contributed by atoms with E-state index in [0.29, 0.717) is 6.42 Å². The number of amides is 1. The Bertz CT molecular complexity index is 353. The van der Waals surface area contributed by atoms with E-state index in [9.17, 15) is 4.79 Å². The zero-order chi connectivity index (χ0) is 13.0. The van der Waals surface area contributed by atoms with Gasteiger partial charge in [-0.3, -0.25) is 4.79 Å². The predicted octanol–water partition coefficient (Wildman–Crippen LogP) is 2.01. The highest BCUT2D eigenvalue weighted by atomic mass is 16.2. The highest BCUT2D eigenvalue weighted by Gasteiger charge is 2.47. The quantitative estimate of drug-likeness (QED) is 0.845. The van der Waals surface area contributed by atoms with Crippen molar-refractivity contribution in [3.63, 3.8) is 0 Å². The minimum absolute atomic E-state index is 0.0889. The van der Waals surface area contributed by atoms with Crippen molar-refractivity contribution in [2.24, 2.45) is 35.3 Å². The predicted molar refractivity (Wildman–Crippen MR) is 74.3 cm³/mol. The lowest BCUT2D eigenvalue weighted by Crippen LogP contribution is -2.46. The lowest BCUT2D eigenvalue weighted by atomic mass is 9.51. The third-order valence-electron chi connectivity index (χ3n) is 6.40. The van der Waals surface area contributed by atoms with Gasteiger partial charge in [0.25, 0.3) is 0 Å². The van der Waals surface area contributed by atoms with Crippen LogP contribution in [-0.2, 0) is 4.79 Å². The number of rotatable bonds is 3. The van der Waals surface area contributed by atoms with Crippen molar-refractivity contribution in [3.05, 3.63) is 0 Å². The topological polar surface area (TPSA) is 46.3 Å². The lowest BCUT2D eigenvalue weighted by Gasteiger charge is -2.54. The molecular formula is C16H26N2O. The first kappa shape index (κ1) is 12.2. The van der Waals surface area contributed by atoms with Crippen LogP contribution in [0.3, 0.4) is 0 Å². The van der Waals surface area contributed by atoms with E-state index in [-0.39, 0.29) is 11.9 Å². The van der Waals surface area contributed by atoms with Crippen LogP contribution in [0, 0.1) is 29.6 Å². The minimum Gasteiger partial charge on any atom is -0.341 e. The Hall–Kier alpha value is -0.570. The summed E-state index contributed by atoms with van der Waals surface area (Å²) in [6.45, 7) is 1.77. The third kappa shape index (κ3) is 2.10. The maximum absolute atomic E-state index is 11.8. The van der Waals surface area contributed by atoms with Crippen LogP contribution in [0.1, 0.15) is 44.9 Å². The van der Waals surface area contributed by atoms with E-state index in [1.807, 2.05) is 4.90 Å². The molecule has 0 radical (unpaired) electrons. The van der Waals surface area contributed by atoms with Gasteiger partial charge in [-0.05, 0) is 68.1 Å². The molecule has 0 spiro atoms. The summed E-state index contributed by atoms with van der Waals surface area (Å²) in [4.78, 5) is 13.8. The van der Waals surface area contributed by atoms with E-state index in [2.05, 4.69) is 0 Å². The zero-order valence-electron chi connectivity index (χ0n) is 11.8. The summed E-state index contributed by atoms with van der Waals surface area (Å²) in [6.07, 6.45) is 9.31. The SMILES string of the molecule is NC1CC(=O)N(CCC2C3CC4CC(C3)CC2C4)C1. The highest BCUT2D eigenvalue weighted by Crippen LogP contribution is 2.57. The van der Waals surface area contributed by atoms with Crippen LogP contribution in [0.5, 0.6) is 0 Å². The van der Waals surface area contributed by atoms with Gasteiger partial charge in [-0.1, -0.05) is 0 Å². The summed E-state index contributed by atoms with van der Waals surface area (Å²) >= 11 is 0. The second-order valence-corrected chi connectivity index (χ2v) is 7.69. The molecule has 4 saturated carbocycles. The van der Waals surface area contributed by atoms with Gasteiger partial charge in [0.15, 0.2) is 0 Å². The number of carbonyl (C=O) groups is 1. The van der Waals surface area contributed by atoms with Gasteiger partial charge in [-0.15, -0.1) is 0 Å². The average Bonchev–Trinajstić information content (AvgIpc) is 2.66. The van der Waals surface area contributed by atoms with Crippen LogP contribution < -0.4 is 5.73 Å². The number of carbonyl (C=O) groups excluding carboxylic acids is 1. The van der Waals surface area contributed by atoms with Crippen LogP contribution >= 0.6 is 0 Å². The van der Waals surface area contributed by atoms with Crippen LogP contribution in [0.2, 0.25) is 0 Å². The molecule has 106 valence electrons. The third-order valence-corrected chi connectivity index (χ3v) is 6.40. The Morgan fingerprint density at radius 2 is 1.68 bits per heavy atom. The number of nitrogens with zero attached hydrogens (tertiary/aromatic N) is 1. The summed E-state index contributed by atoms with van der Waals surface area (Å²) in [7, 11) is 0. The molecule has 2 N–H and O–H groups in total. The van der Waals surface area contributed by atoms with Crippen LogP contribution in [0.15, 0.2) is 0 Å². The maximum atomic E-state index is 11.8. The van der Waals surface area contributed by atoms with Gasteiger partial charge >= 0.3 is 0 Å². The fourth-order valence-electron chi connectivity index (χ4n) is 5.83. The van der Waals surface area contributed by atoms with Gasteiger partial charge in [0.2, 0.25) is 5.91 Å². The molecule has 4 aliphatic carbocycles. The van der Waals surface area contributed by atoms with Crippen LogP contribution in [-0.4, -0.2) is 29.9 Å². The Kier molecular flexibility index (Phi) is 2.87. The Morgan fingerprint density at radius 1 is 1.05 bits per heavy atom. The molecule has 1 unspecified atom stereocenters. The molecule has 1 saturated heterocycles. The van der Waals surface area contributed by atoms with Crippen molar-refractivity contribution in [3.8, 4) is 0 Å². The molecule has 0 aromatic heterocycles. The summed E-state index contributed by atoms with van der Waals surface area (Å²) in [6, 6.07) is 0.0889. The second-order valence-electron chi connectivity index (χ2n) is 7.69. The fraction of sp³-hybridized carbons (Fsp3) is 0.938. The van der Waals surface area contributed by atoms with Crippen molar-refractivity contribution in [2.45, 2.75) is 51.0 Å². The van der Waals surface area contributed by atoms with Gasteiger partial charge < -0.3 is 10.6 Å². The average molecular weight is 262 g/mol. The van der Waals surface area contributed by atoms with Crippen LogP contribution in [0.25, 0.3) is 0 Å². The van der Waals surface area contributed by atoms with E-state index in [4.69, 9.17) is 5.73 Å². The summed E-state index contributed by atoms with van der Waals surface area (Å²) < 4.78 is 0. The van der Waals surface area contributed by atoms with Gasteiger partial charge in [-0.2, -0.15) is 0 Å². The molecule has 1 atom stereocenters. The molecular weight excluding hydrogens is 236 g/mol. The molecule has 1 heterocycles. The summed E-state index contributed by atoms with van der Waals surface area (Å²) in [5.41, 5.74) is 5.88. The van der Waals surface area contributed by atoms with Crippen molar-refractivity contribution in [2.75, 3.05) is 13.1 Å². The minimum atomic E-state index is 0.0889. The normalized spacial score (nSPS) is 48.3. The molecule has 1 amide bonds. The first-order valence-corrected chi connectivity index (χ1v) is 8.22. The Labute approximate surface area is 115 Å². The largest absolute Gasteiger partial charge is 0.341 e. The zero-order valence-corrected chi connectivity index (χ0v) is 11.8. The van der Waals surface area contributed by atoms with Gasteiger partial charge in [0.1, 0.15) is 0 Å². The molecule has 4 bridgehead atoms. The van der Waals surface area contributed by atoms with Gasteiger partial charge in [0.05, 0.1) is 0 Å². The van der Waals surface area contributed by atoms with E-state index in [1.165, 1.54) is 38.5 Å². The molecule has 19 heavy (non-hydrogen) atoms. The van der Waals surface area contributed by atoms with Crippen LogP contribution in [0.4, 0.5) is 0 Å². The Balaban J connectivity index is 1.37. The molecule has 3 nitrogen and oxygen atoms in total. The van der Waals surface area contributed by atoms with Crippen molar-refractivity contribution in [1.29, 1.82) is 0 Å². The molecule has 3 heteroatoms. The lowest BCUT2D eigenvalue weighted by molar-refractivity contribution is -0.128. The highest BCUT2D eigenvalue weighted by molar-refractivity contribution is 5.79. The molecule has 5 aliphatic rings. The summed E-state index contributed by atoms with van der Waals surface area (Å²) in [5.74, 6) is 5.29. The van der Waals surface area contributed by atoms with E-state index < -0.39 is 0 Å². The molecule has 1 aliphatic heterocycles. The van der Waals surface area contributed by atoms with Crippen molar-refractivity contribution < 1.29 is 4.79 Å². The Morgan fingerprint density at radius 3 is 2.21 bits per heavy atom. The second kappa shape index (κ2) is 4.47. The number of hydrogen-bond acceptors (Lipinski definition) is 2. The standard InChI is InChI=1S/C16H26N2O/c17-14-8-16(19)18(9-14)2-1-15-12-4-10-3-11(6-12)7-13(15)5-10/h10-15H,1-9,17H2. The van der Waals surface area contributed by atoms with Crippen molar-refractivity contribution >= 4 is 5.91 Å². The maximum Gasteiger partial charge on any atom is 0.224 e. The van der Waals surface area contributed by atoms with Gasteiger partial charge in [-0.25, -0.2) is 0 Å². The molecule has 5 rings (SSSR count). The van der Waals surface area contributed by atoms with Crippen molar-refractivity contribution in [1.82, 2.24) is 4.90 Å². The van der Waals surface area contributed by atoms with E-state index in [1.54, 1.807) is 0 Å². The number of hydrogen-bond donors (Lipinski definition) is 1. The number of likely N-dealkylation sites (tertiary alicyclic amines) is 1. The molecule has 0 aromatic rings. The van der Waals surface area contributed by atoms with E-state index in [0.717, 1.165) is 42.7 Å².